The van der Waals surface area contributed by atoms with Gasteiger partial charge in [-0.05, 0) is 29.7 Å². The first-order chi connectivity index (χ1) is 11.0. The van der Waals surface area contributed by atoms with E-state index in [0.29, 0.717) is 0 Å². The summed E-state index contributed by atoms with van der Waals surface area (Å²) in [6.07, 6.45) is 1.92. The summed E-state index contributed by atoms with van der Waals surface area (Å²) in [4.78, 5) is 0.0930. The molecular weight excluding hydrogens is 310 g/mol. The molecule has 0 aliphatic heterocycles. The first-order valence-corrected chi connectivity index (χ1v) is 8.57. The Morgan fingerprint density at radius 3 is 2.43 bits per heavy atom. The minimum atomic E-state index is -3.68. The highest BCUT2D eigenvalue weighted by atomic mass is 32.2. The summed E-state index contributed by atoms with van der Waals surface area (Å²) in [5.74, 6) is 0. The standard InChI is InChI=1S/C17H13N3O2S/c18-23(21,22)14-7-5-13(6-8-14)16-11-17-15-4-2-1-3-12(15)9-10-20(17)19-16/h1-11H,(H2,18,21,22). The Kier molecular flexibility index (Phi) is 2.97. The summed E-state index contributed by atoms with van der Waals surface area (Å²) >= 11 is 0. The summed E-state index contributed by atoms with van der Waals surface area (Å²) in [7, 11) is -3.68. The Bertz CT molecular complexity index is 1130. The van der Waals surface area contributed by atoms with Crippen LogP contribution in [-0.4, -0.2) is 18.0 Å². The Morgan fingerprint density at radius 2 is 1.70 bits per heavy atom. The van der Waals surface area contributed by atoms with Gasteiger partial charge in [-0.15, -0.1) is 0 Å². The number of nitrogens with zero attached hydrogens (tertiary/aromatic N) is 2. The third kappa shape index (κ3) is 2.38. The van der Waals surface area contributed by atoms with E-state index in [-0.39, 0.29) is 4.90 Å². The summed E-state index contributed by atoms with van der Waals surface area (Å²) in [5, 5.41) is 12.0. The van der Waals surface area contributed by atoms with E-state index < -0.39 is 10.0 Å². The molecular formula is C17H13N3O2S. The number of sulfonamides is 1. The number of aromatic nitrogens is 2. The molecule has 2 N–H and O–H groups in total. The molecule has 114 valence electrons. The Balaban J connectivity index is 1.88. The van der Waals surface area contributed by atoms with Crippen molar-refractivity contribution in [2.24, 2.45) is 5.14 Å². The van der Waals surface area contributed by atoms with Gasteiger partial charge < -0.3 is 0 Å². The van der Waals surface area contributed by atoms with E-state index in [1.54, 1.807) is 12.1 Å². The summed E-state index contributed by atoms with van der Waals surface area (Å²) < 4.78 is 24.5. The number of nitrogens with two attached hydrogens (primary N) is 1. The first kappa shape index (κ1) is 13.9. The van der Waals surface area contributed by atoms with Gasteiger partial charge in [0.05, 0.1) is 16.1 Å². The van der Waals surface area contributed by atoms with Crippen LogP contribution in [0.4, 0.5) is 0 Å². The molecule has 0 atom stereocenters. The van der Waals surface area contributed by atoms with E-state index in [1.807, 2.05) is 35.0 Å². The van der Waals surface area contributed by atoms with Crippen molar-refractivity contribution in [1.29, 1.82) is 0 Å². The lowest BCUT2D eigenvalue weighted by Gasteiger charge is -1.99. The van der Waals surface area contributed by atoms with Crippen LogP contribution in [0.2, 0.25) is 0 Å². The zero-order valence-corrected chi connectivity index (χ0v) is 12.9. The second-order valence-electron chi connectivity index (χ2n) is 5.33. The number of fused-ring (bicyclic) bond motifs is 3. The molecule has 2 heterocycles. The summed E-state index contributed by atoms with van der Waals surface area (Å²) in [6.45, 7) is 0. The third-order valence-electron chi connectivity index (χ3n) is 3.85. The molecule has 0 aliphatic carbocycles. The number of primary sulfonamides is 1. The molecule has 0 amide bonds. The van der Waals surface area contributed by atoms with Crippen molar-refractivity contribution in [2.45, 2.75) is 4.90 Å². The lowest BCUT2D eigenvalue weighted by Crippen LogP contribution is -2.11. The highest BCUT2D eigenvalue weighted by Gasteiger charge is 2.10. The lowest BCUT2D eigenvalue weighted by molar-refractivity contribution is 0.598. The minimum Gasteiger partial charge on any atom is -0.240 e. The molecule has 23 heavy (non-hydrogen) atoms. The molecule has 4 rings (SSSR count). The van der Waals surface area contributed by atoms with Crippen LogP contribution in [0.1, 0.15) is 0 Å². The molecule has 4 aromatic rings. The zero-order chi connectivity index (χ0) is 16.0. The topological polar surface area (TPSA) is 77.5 Å². The van der Waals surface area contributed by atoms with Gasteiger partial charge in [0.15, 0.2) is 0 Å². The highest BCUT2D eigenvalue weighted by molar-refractivity contribution is 7.89. The van der Waals surface area contributed by atoms with Crippen LogP contribution >= 0.6 is 0 Å². The van der Waals surface area contributed by atoms with E-state index in [0.717, 1.165) is 27.5 Å². The molecule has 2 aromatic heterocycles. The van der Waals surface area contributed by atoms with Crippen LogP contribution in [0.25, 0.3) is 27.5 Å². The fourth-order valence-electron chi connectivity index (χ4n) is 2.69. The molecule has 0 unspecified atom stereocenters. The van der Waals surface area contributed by atoms with Gasteiger partial charge in [0.25, 0.3) is 0 Å². The SMILES string of the molecule is NS(=O)(=O)c1ccc(-c2cc3c4ccccc4ccn3n2)cc1. The molecule has 0 fully saturated rings. The van der Waals surface area contributed by atoms with Crippen molar-refractivity contribution >= 4 is 26.3 Å². The van der Waals surface area contributed by atoms with E-state index >= 15 is 0 Å². The Hall–Kier alpha value is -2.70. The van der Waals surface area contributed by atoms with Crippen molar-refractivity contribution in [3.63, 3.8) is 0 Å². The van der Waals surface area contributed by atoms with Crippen LogP contribution < -0.4 is 5.14 Å². The van der Waals surface area contributed by atoms with Crippen LogP contribution in [-0.2, 0) is 10.0 Å². The average Bonchev–Trinajstić information content (AvgIpc) is 2.99. The van der Waals surface area contributed by atoms with Gasteiger partial charge in [0.1, 0.15) is 0 Å². The predicted octanol–water partition coefficient (Wildman–Crippen LogP) is 2.80. The van der Waals surface area contributed by atoms with E-state index in [4.69, 9.17) is 5.14 Å². The smallest absolute Gasteiger partial charge is 0.238 e. The first-order valence-electron chi connectivity index (χ1n) is 7.03. The van der Waals surface area contributed by atoms with Gasteiger partial charge >= 0.3 is 0 Å². The molecule has 0 saturated heterocycles. The fraction of sp³-hybridized carbons (Fsp3) is 0. The number of rotatable bonds is 2. The maximum atomic E-state index is 11.3. The molecule has 5 nitrogen and oxygen atoms in total. The molecule has 6 heteroatoms. The Labute approximate surface area is 133 Å². The second-order valence-corrected chi connectivity index (χ2v) is 6.89. The summed E-state index contributed by atoms with van der Waals surface area (Å²) in [6, 6.07) is 18.5. The zero-order valence-electron chi connectivity index (χ0n) is 12.0. The van der Waals surface area contributed by atoms with Gasteiger partial charge in [0.2, 0.25) is 10.0 Å². The van der Waals surface area contributed by atoms with Crippen LogP contribution in [0.15, 0.2) is 71.8 Å². The maximum Gasteiger partial charge on any atom is 0.238 e. The van der Waals surface area contributed by atoms with Crippen molar-refractivity contribution in [1.82, 2.24) is 9.61 Å². The van der Waals surface area contributed by atoms with E-state index in [1.165, 1.54) is 12.1 Å². The van der Waals surface area contributed by atoms with E-state index in [2.05, 4.69) is 17.2 Å². The van der Waals surface area contributed by atoms with Crippen LogP contribution in [0.3, 0.4) is 0 Å². The maximum absolute atomic E-state index is 11.3. The molecule has 0 aliphatic rings. The normalized spacial score (nSPS) is 12.0. The molecule has 0 radical (unpaired) electrons. The van der Waals surface area contributed by atoms with Crippen molar-refractivity contribution < 1.29 is 8.42 Å². The van der Waals surface area contributed by atoms with Gasteiger partial charge in [0, 0.05) is 17.1 Å². The monoisotopic (exact) mass is 323 g/mol. The number of pyridine rings is 1. The summed E-state index contributed by atoms with van der Waals surface area (Å²) in [5.41, 5.74) is 2.63. The van der Waals surface area contributed by atoms with Crippen molar-refractivity contribution in [3.8, 4) is 11.3 Å². The van der Waals surface area contributed by atoms with E-state index in [9.17, 15) is 8.42 Å². The third-order valence-corrected chi connectivity index (χ3v) is 4.78. The molecule has 0 saturated carbocycles. The minimum absolute atomic E-state index is 0.0930. The highest BCUT2D eigenvalue weighted by Crippen LogP contribution is 2.25. The fourth-order valence-corrected chi connectivity index (χ4v) is 3.21. The van der Waals surface area contributed by atoms with Crippen molar-refractivity contribution in [3.05, 3.63) is 66.9 Å². The predicted molar refractivity (Wildman–Crippen MR) is 89.5 cm³/mol. The largest absolute Gasteiger partial charge is 0.240 e. The number of benzene rings is 2. The van der Waals surface area contributed by atoms with Crippen molar-refractivity contribution in [2.75, 3.05) is 0 Å². The van der Waals surface area contributed by atoms with Gasteiger partial charge in [-0.3, -0.25) is 0 Å². The number of hydrogen-bond acceptors (Lipinski definition) is 3. The quantitative estimate of drug-likeness (QED) is 0.616. The van der Waals surface area contributed by atoms with Crippen LogP contribution in [0.5, 0.6) is 0 Å². The van der Waals surface area contributed by atoms with Crippen LogP contribution in [0, 0.1) is 0 Å². The Morgan fingerprint density at radius 1 is 0.957 bits per heavy atom. The molecule has 0 bridgehead atoms. The number of hydrogen-bond donors (Lipinski definition) is 1. The van der Waals surface area contributed by atoms with Gasteiger partial charge in [-0.1, -0.05) is 36.4 Å². The second kappa shape index (κ2) is 4.91. The molecule has 0 spiro atoms. The lowest BCUT2D eigenvalue weighted by atomic mass is 10.1. The van der Waals surface area contributed by atoms with Gasteiger partial charge in [-0.2, -0.15) is 5.10 Å². The molecule has 2 aromatic carbocycles. The average molecular weight is 323 g/mol. The van der Waals surface area contributed by atoms with Gasteiger partial charge in [-0.25, -0.2) is 18.1 Å².